The summed E-state index contributed by atoms with van der Waals surface area (Å²) in [6.07, 6.45) is 7.22. The van der Waals surface area contributed by atoms with E-state index in [0.717, 1.165) is 31.2 Å². The molecular weight excluding hydrogens is 202 g/mol. The van der Waals surface area contributed by atoms with Gasteiger partial charge in [0.15, 0.2) is 0 Å². The lowest BCUT2D eigenvalue weighted by atomic mass is 9.90. The van der Waals surface area contributed by atoms with Crippen LogP contribution in [-0.2, 0) is 4.79 Å². The first-order valence-electron chi connectivity index (χ1n) is 6.61. The number of likely N-dealkylation sites (tertiary alicyclic amines) is 1. The molecule has 0 aromatic rings. The van der Waals surface area contributed by atoms with Gasteiger partial charge in [-0.25, -0.2) is 0 Å². The van der Waals surface area contributed by atoms with Gasteiger partial charge in [0.05, 0.1) is 0 Å². The molecule has 1 N–H and O–H groups in total. The third kappa shape index (κ3) is 1.33. The molecule has 3 fully saturated rings. The summed E-state index contributed by atoms with van der Waals surface area (Å²) in [5, 5.41) is 9.43. The predicted molar refractivity (Wildman–Crippen MR) is 61.2 cm³/mol. The van der Waals surface area contributed by atoms with Crippen molar-refractivity contribution in [1.82, 2.24) is 4.90 Å². The van der Waals surface area contributed by atoms with Crippen LogP contribution in [0.2, 0.25) is 0 Å². The molecule has 1 saturated heterocycles. The number of carboxylic acid groups (broad SMARTS) is 1. The number of carboxylic acids is 1. The van der Waals surface area contributed by atoms with Crippen LogP contribution in [0.5, 0.6) is 0 Å². The number of aliphatic carboxylic acids is 1. The van der Waals surface area contributed by atoms with E-state index < -0.39 is 11.5 Å². The maximum absolute atomic E-state index is 11.5. The van der Waals surface area contributed by atoms with Crippen LogP contribution in [0.15, 0.2) is 0 Å². The number of nitrogens with zero attached hydrogens (tertiary/aromatic N) is 1. The first kappa shape index (κ1) is 10.6. The van der Waals surface area contributed by atoms with E-state index in [1.807, 2.05) is 6.92 Å². The van der Waals surface area contributed by atoms with Gasteiger partial charge in [-0.2, -0.15) is 0 Å². The van der Waals surface area contributed by atoms with Crippen molar-refractivity contribution in [3.63, 3.8) is 0 Å². The average Bonchev–Trinajstić information content (AvgIpc) is 2.90. The quantitative estimate of drug-likeness (QED) is 0.779. The maximum atomic E-state index is 11.5. The number of carbonyl (C=O) groups is 1. The van der Waals surface area contributed by atoms with Gasteiger partial charge in [0.25, 0.3) is 0 Å². The number of fused-ring (bicyclic) bond motifs is 2. The smallest absolute Gasteiger partial charge is 0.323 e. The van der Waals surface area contributed by atoms with Gasteiger partial charge in [-0.15, -0.1) is 0 Å². The monoisotopic (exact) mass is 223 g/mol. The summed E-state index contributed by atoms with van der Waals surface area (Å²) in [7, 11) is 0. The second kappa shape index (κ2) is 3.46. The van der Waals surface area contributed by atoms with Crippen molar-refractivity contribution in [2.24, 2.45) is 11.8 Å². The molecule has 3 rings (SSSR count). The fraction of sp³-hybridized carbons (Fsp3) is 0.923. The topological polar surface area (TPSA) is 40.5 Å². The minimum atomic E-state index is -0.618. The highest BCUT2D eigenvalue weighted by atomic mass is 16.4. The van der Waals surface area contributed by atoms with Crippen LogP contribution in [0.3, 0.4) is 0 Å². The molecule has 4 atom stereocenters. The van der Waals surface area contributed by atoms with Gasteiger partial charge in [-0.1, -0.05) is 6.42 Å². The first-order chi connectivity index (χ1) is 7.61. The molecule has 3 nitrogen and oxygen atoms in total. The van der Waals surface area contributed by atoms with Crippen LogP contribution < -0.4 is 0 Å². The molecule has 4 unspecified atom stereocenters. The molecule has 3 aliphatic rings. The second-order valence-electron chi connectivity index (χ2n) is 6.12. The zero-order chi connectivity index (χ0) is 11.3. The van der Waals surface area contributed by atoms with Crippen LogP contribution in [0.4, 0.5) is 0 Å². The summed E-state index contributed by atoms with van der Waals surface area (Å²) in [4.78, 5) is 13.8. The lowest BCUT2D eigenvalue weighted by Gasteiger charge is -2.40. The van der Waals surface area contributed by atoms with Crippen LogP contribution in [0.25, 0.3) is 0 Å². The number of rotatable bonds is 2. The zero-order valence-corrected chi connectivity index (χ0v) is 9.98. The van der Waals surface area contributed by atoms with E-state index in [1.165, 1.54) is 25.7 Å². The van der Waals surface area contributed by atoms with E-state index in [2.05, 4.69) is 4.90 Å². The lowest BCUT2D eigenvalue weighted by Crippen LogP contribution is -2.54. The van der Waals surface area contributed by atoms with Crippen molar-refractivity contribution in [2.75, 3.05) is 6.54 Å². The van der Waals surface area contributed by atoms with Gasteiger partial charge < -0.3 is 5.11 Å². The molecule has 0 radical (unpaired) electrons. The van der Waals surface area contributed by atoms with Crippen LogP contribution >= 0.6 is 0 Å². The Morgan fingerprint density at radius 3 is 2.75 bits per heavy atom. The van der Waals surface area contributed by atoms with E-state index in [1.54, 1.807) is 0 Å². The molecule has 0 amide bonds. The van der Waals surface area contributed by atoms with Crippen molar-refractivity contribution in [2.45, 2.75) is 57.0 Å². The Labute approximate surface area is 96.8 Å². The summed E-state index contributed by atoms with van der Waals surface area (Å²) in [6.45, 7) is 2.92. The molecule has 0 aromatic heterocycles. The summed E-state index contributed by atoms with van der Waals surface area (Å²) >= 11 is 0. The molecule has 90 valence electrons. The standard InChI is InChI=1S/C13H21NO2/c1-13(12(15)16)5-2-6-14(13)11-8-9-3-4-10(11)7-9/h9-11H,2-8H2,1H3,(H,15,16). The molecule has 1 aliphatic heterocycles. The minimum absolute atomic E-state index is 0.572. The van der Waals surface area contributed by atoms with Gasteiger partial charge >= 0.3 is 5.97 Å². The summed E-state index contributed by atoms with van der Waals surface area (Å²) in [5.74, 6) is 1.07. The molecule has 16 heavy (non-hydrogen) atoms. The summed E-state index contributed by atoms with van der Waals surface area (Å²) in [5.41, 5.74) is -0.574. The van der Waals surface area contributed by atoms with E-state index in [-0.39, 0.29) is 0 Å². The van der Waals surface area contributed by atoms with E-state index in [9.17, 15) is 9.90 Å². The van der Waals surface area contributed by atoms with E-state index in [0.29, 0.717) is 6.04 Å². The third-order valence-corrected chi connectivity index (χ3v) is 5.26. The Morgan fingerprint density at radius 1 is 1.38 bits per heavy atom. The highest BCUT2D eigenvalue weighted by Crippen LogP contribution is 2.49. The Kier molecular flexibility index (Phi) is 2.29. The van der Waals surface area contributed by atoms with Gasteiger partial charge in [-0.3, -0.25) is 9.69 Å². The van der Waals surface area contributed by atoms with Crippen molar-refractivity contribution in [3.8, 4) is 0 Å². The van der Waals surface area contributed by atoms with Crippen molar-refractivity contribution in [1.29, 1.82) is 0 Å². The normalized spacial score (nSPS) is 47.7. The molecular formula is C13H21NO2. The van der Waals surface area contributed by atoms with Crippen molar-refractivity contribution >= 4 is 5.97 Å². The molecule has 1 heterocycles. The van der Waals surface area contributed by atoms with Crippen molar-refractivity contribution < 1.29 is 9.90 Å². The van der Waals surface area contributed by atoms with E-state index in [4.69, 9.17) is 0 Å². The zero-order valence-electron chi connectivity index (χ0n) is 9.98. The molecule has 2 saturated carbocycles. The molecule has 0 aromatic carbocycles. The predicted octanol–water partition coefficient (Wildman–Crippen LogP) is 2.11. The van der Waals surface area contributed by atoms with Gasteiger partial charge in [0.2, 0.25) is 0 Å². The highest BCUT2D eigenvalue weighted by Gasteiger charge is 2.52. The van der Waals surface area contributed by atoms with Gasteiger partial charge in [0, 0.05) is 6.04 Å². The second-order valence-corrected chi connectivity index (χ2v) is 6.12. The van der Waals surface area contributed by atoms with Crippen molar-refractivity contribution in [3.05, 3.63) is 0 Å². The van der Waals surface area contributed by atoms with Gasteiger partial charge in [0.1, 0.15) is 5.54 Å². The highest BCUT2D eigenvalue weighted by molar-refractivity contribution is 5.78. The van der Waals surface area contributed by atoms with E-state index >= 15 is 0 Å². The average molecular weight is 223 g/mol. The largest absolute Gasteiger partial charge is 0.480 e. The number of hydrogen-bond acceptors (Lipinski definition) is 2. The summed E-state index contributed by atoms with van der Waals surface area (Å²) in [6, 6.07) is 0.572. The van der Waals surface area contributed by atoms with Crippen LogP contribution in [-0.4, -0.2) is 34.1 Å². The Morgan fingerprint density at radius 2 is 2.19 bits per heavy atom. The Bertz CT molecular complexity index is 317. The fourth-order valence-corrected chi connectivity index (χ4v) is 4.34. The Balaban J connectivity index is 1.81. The van der Waals surface area contributed by atoms with Gasteiger partial charge in [-0.05, 0) is 57.4 Å². The first-order valence-corrected chi connectivity index (χ1v) is 6.61. The van der Waals surface area contributed by atoms with Crippen LogP contribution in [0, 0.1) is 11.8 Å². The SMILES string of the molecule is CC1(C(=O)O)CCCN1C1CC2CCC1C2. The molecule has 3 heteroatoms. The molecule has 0 spiro atoms. The fourth-order valence-electron chi connectivity index (χ4n) is 4.34. The summed E-state index contributed by atoms with van der Waals surface area (Å²) < 4.78 is 0. The Hall–Kier alpha value is -0.570. The van der Waals surface area contributed by atoms with Crippen LogP contribution in [0.1, 0.15) is 45.4 Å². The minimum Gasteiger partial charge on any atom is -0.480 e. The third-order valence-electron chi connectivity index (χ3n) is 5.26. The maximum Gasteiger partial charge on any atom is 0.323 e. The lowest BCUT2D eigenvalue weighted by molar-refractivity contribution is -0.150. The molecule has 2 aliphatic carbocycles. The molecule has 2 bridgehead atoms. The number of hydrogen-bond donors (Lipinski definition) is 1.